The molecule has 0 amide bonds. The van der Waals surface area contributed by atoms with E-state index in [0.717, 1.165) is 12.8 Å². The molecule has 1 aliphatic rings. The number of alkyl halides is 2. The van der Waals surface area contributed by atoms with Crippen molar-refractivity contribution in [3.8, 4) is 0 Å². The maximum atomic E-state index is 13.1. The van der Waals surface area contributed by atoms with Crippen LogP contribution in [-0.2, 0) is 0 Å². The number of hydrogen-bond acceptors (Lipinski definition) is 1. The third-order valence-electron chi connectivity index (χ3n) is 2.42. The molecule has 1 aliphatic carbocycles. The molecule has 1 saturated carbocycles. The van der Waals surface area contributed by atoms with Crippen LogP contribution in [0.1, 0.15) is 26.2 Å². The second kappa shape index (κ2) is 3.72. The molecule has 11 heavy (non-hydrogen) atoms. The molecule has 66 valence electrons. The average molecular weight is 180 g/mol. The molecule has 0 bridgehead atoms. The lowest BCUT2D eigenvalue weighted by atomic mass is 9.83. The lowest BCUT2D eigenvalue weighted by molar-refractivity contribution is 0.149. The van der Waals surface area contributed by atoms with Gasteiger partial charge in [-0.05, 0) is 26.2 Å². The van der Waals surface area contributed by atoms with Crippen LogP contribution in [0.5, 0.6) is 0 Å². The topological polar surface area (TPSA) is 26.0 Å². The standard InChI is InChI=1S/C8H15ClFN/c1-5(11)7-4-6(9)2-3-8(7)10/h5-8H,2-4,11H2,1H3. The normalized spacial score (nSPS) is 42.0. The molecule has 4 unspecified atom stereocenters. The number of halogens is 2. The Balaban J connectivity index is 2.47. The van der Waals surface area contributed by atoms with Crippen molar-refractivity contribution in [3.05, 3.63) is 0 Å². The van der Waals surface area contributed by atoms with Crippen LogP contribution in [0.15, 0.2) is 0 Å². The van der Waals surface area contributed by atoms with Crippen molar-refractivity contribution in [2.24, 2.45) is 11.7 Å². The van der Waals surface area contributed by atoms with Crippen molar-refractivity contribution in [2.45, 2.75) is 43.8 Å². The van der Waals surface area contributed by atoms with E-state index in [9.17, 15) is 4.39 Å². The highest BCUT2D eigenvalue weighted by atomic mass is 35.5. The molecule has 1 fully saturated rings. The Morgan fingerprint density at radius 2 is 2.18 bits per heavy atom. The molecule has 2 N–H and O–H groups in total. The van der Waals surface area contributed by atoms with E-state index in [1.807, 2.05) is 6.92 Å². The SMILES string of the molecule is CC(N)C1CC(Cl)CCC1F. The van der Waals surface area contributed by atoms with E-state index in [-0.39, 0.29) is 17.3 Å². The van der Waals surface area contributed by atoms with E-state index in [1.54, 1.807) is 0 Å². The number of nitrogens with two attached hydrogens (primary N) is 1. The molecule has 0 aromatic carbocycles. The molecule has 0 saturated heterocycles. The lowest BCUT2D eigenvalue weighted by Gasteiger charge is -2.31. The minimum Gasteiger partial charge on any atom is -0.328 e. The summed E-state index contributed by atoms with van der Waals surface area (Å²) in [5.74, 6) is -0.0220. The van der Waals surface area contributed by atoms with Crippen molar-refractivity contribution in [1.29, 1.82) is 0 Å². The molecule has 4 atom stereocenters. The Hall–Kier alpha value is 0.180. The van der Waals surface area contributed by atoms with Gasteiger partial charge in [-0.25, -0.2) is 4.39 Å². The fraction of sp³-hybridized carbons (Fsp3) is 1.00. The van der Waals surface area contributed by atoms with Crippen LogP contribution in [0.3, 0.4) is 0 Å². The molecular weight excluding hydrogens is 165 g/mol. The quantitative estimate of drug-likeness (QED) is 0.613. The lowest BCUT2D eigenvalue weighted by Crippen LogP contribution is -2.38. The molecule has 0 radical (unpaired) electrons. The molecule has 0 aliphatic heterocycles. The predicted molar refractivity (Wildman–Crippen MR) is 45.5 cm³/mol. The zero-order valence-electron chi connectivity index (χ0n) is 6.76. The van der Waals surface area contributed by atoms with Gasteiger partial charge in [0.05, 0.1) is 0 Å². The van der Waals surface area contributed by atoms with Crippen molar-refractivity contribution in [1.82, 2.24) is 0 Å². The Kier molecular flexibility index (Phi) is 3.14. The minimum absolute atomic E-state index is 0.0220. The van der Waals surface area contributed by atoms with Crippen LogP contribution in [-0.4, -0.2) is 17.6 Å². The fourth-order valence-corrected chi connectivity index (χ4v) is 1.99. The summed E-state index contributed by atoms with van der Waals surface area (Å²) in [5, 5.41) is 0.137. The maximum absolute atomic E-state index is 13.1. The summed E-state index contributed by atoms with van der Waals surface area (Å²) in [4.78, 5) is 0. The molecule has 3 heteroatoms. The fourth-order valence-electron chi connectivity index (χ4n) is 1.66. The summed E-state index contributed by atoms with van der Waals surface area (Å²) < 4.78 is 13.1. The van der Waals surface area contributed by atoms with Crippen LogP contribution in [0.2, 0.25) is 0 Å². The van der Waals surface area contributed by atoms with Crippen molar-refractivity contribution in [2.75, 3.05) is 0 Å². The van der Waals surface area contributed by atoms with Crippen molar-refractivity contribution >= 4 is 11.6 Å². The summed E-state index contributed by atoms with van der Waals surface area (Å²) >= 11 is 5.90. The first-order valence-corrected chi connectivity index (χ1v) is 4.58. The third kappa shape index (κ3) is 2.31. The second-order valence-electron chi connectivity index (χ2n) is 3.45. The monoisotopic (exact) mass is 179 g/mol. The van der Waals surface area contributed by atoms with Gasteiger partial charge in [0.2, 0.25) is 0 Å². The van der Waals surface area contributed by atoms with Gasteiger partial charge in [-0.15, -0.1) is 11.6 Å². The van der Waals surface area contributed by atoms with Gasteiger partial charge >= 0.3 is 0 Å². The molecule has 1 nitrogen and oxygen atoms in total. The van der Waals surface area contributed by atoms with Gasteiger partial charge < -0.3 is 5.73 Å². The van der Waals surface area contributed by atoms with Crippen LogP contribution in [0.25, 0.3) is 0 Å². The van der Waals surface area contributed by atoms with Gasteiger partial charge in [-0.2, -0.15) is 0 Å². The van der Waals surface area contributed by atoms with E-state index in [4.69, 9.17) is 17.3 Å². The van der Waals surface area contributed by atoms with Gasteiger partial charge in [-0.1, -0.05) is 0 Å². The van der Waals surface area contributed by atoms with Gasteiger partial charge in [0.1, 0.15) is 6.17 Å². The minimum atomic E-state index is -0.731. The van der Waals surface area contributed by atoms with Gasteiger partial charge in [0.15, 0.2) is 0 Å². The summed E-state index contributed by atoms with van der Waals surface area (Å²) in [6.45, 7) is 1.85. The zero-order chi connectivity index (χ0) is 8.43. The molecule has 0 aromatic rings. The zero-order valence-corrected chi connectivity index (χ0v) is 7.52. The first-order chi connectivity index (χ1) is 5.11. The van der Waals surface area contributed by atoms with E-state index in [0.29, 0.717) is 6.42 Å². The van der Waals surface area contributed by atoms with E-state index in [2.05, 4.69) is 0 Å². The van der Waals surface area contributed by atoms with Gasteiger partial charge in [-0.3, -0.25) is 0 Å². The first kappa shape index (κ1) is 9.27. The molecule has 0 spiro atoms. The van der Waals surface area contributed by atoms with Crippen molar-refractivity contribution < 1.29 is 4.39 Å². The van der Waals surface area contributed by atoms with Gasteiger partial charge in [0.25, 0.3) is 0 Å². The Morgan fingerprint density at radius 1 is 1.55 bits per heavy atom. The average Bonchev–Trinajstić information content (AvgIpc) is 1.94. The summed E-state index contributed by atoms with van der Waals surface area (Å²) in [5.41, 5.74) is 5.62. The van der Waals surface area contributed by atoms with Crippen LogP contribution >= 0.6 is 11.6 Å². The van der Waals surface area contributed by atoms with Crippen LogP contribution in [0, 0.1) is 5.92 Å². The Bertz CT molecular complexity index is 129. The Morgan fingerprint density at radius 3 is 2.64 bits per heavy atom. The van der Waals surface area contributed by atoms with E-state index in [1.165, 1.54) is 0 Å². The van der Waals surface area contributed by atoms with Crippen LogP contribution in [0.4, 0.5) is 4.39 Å². The first-order valence-electron chi connectivity index (χ1n) is 4.15. The smallest absolute Gasteiger partial charge is 0.104 e. The molecule has 1 rings (SSSR count). The summed E-state index contributed by atoms with van der Waals surface area (Å²) in [6, 6.07) is -0.0634. The third-order valence-corrected chi connectivity index (χ3v) is 2.82. The molecule has 0 heterocycles. The number of hydrogen-bond donors (Lipinski definition) is 1. The molecular formula is C8H15ClFN. The predicted octanol–water partition coefficient (Wildman–Crippen LogP) is 2.08. The highest BCUT2D eigenvalue weighted by molar-refractivity contribution is 6.20. The second-order valence-corrected chi connectivity index (χ2v) is 4.07. The highest BCUT2D eigenvalue weighted by Crippen LogP contribution is 2.31. The van der Waals surface area contributed by atoms with Gasteiger partial charge in [0, 0.05) is 17.3 Å². The number of rotatable bonds is 1. The Labute approximate surface area is 72.1 Å². The van der Waals surface area contributed by atoms with E-state index >= 15 is 0 Å². The summed E-state index contributed by atoms with van der Waals surface area (Å²) in [6.07, 6.45) is 1.39. The molecule has 0 aromatic heterocycles. The maximum Gasteiger partial charge on any atom is 0.104 e. The van der Waals surface area contributed by atoms with Crippen LogP contribution < -0.4 is 5.73 Å². The van der Waals surface area contributed by atoms with E-state index < -0.39 is 6.17 Å². The summed E-state index contributed by atoms with van der Waals surface area (Å²) in [7, 11) is 0. The highest BCUT2D eigenvalue weighted by Gasteiger charge is 2.31. The van der Waals surface area contributed by atoms with Crippen molar-refractivity contribution in [3.63, 3.8) is 0 Å². The largest absolute Gasteiger partial charge is 0.328 e.